The number of carbonyl (C=O) groups excluding carboxylic acids is 1. The average Bonchev–Trinajstić information content (AvgIpc) is 3.06. The lowest BCUT2D eigenvalue weighted by Gasteiger charge is -2.13. The summed E-state index contributed by atoms with van der Waals surface area (Å²) < 4.78 is 34.7. The van der Waals surface area contributed by atoms with E-state index in [1.807, 2.05) is 31.2 Å². The van der Waals surface area contributed by atoms with Crippen LogP contribution < -0.4 is 10.1 Å². The van der Waals surface area contributed by atoms with Gasteiger partial charge in [0.15, 0.2) is 0 Å². The zero-order valence-corrected chi connectivity index (χ0v) is 16.6. The van der Waals surface area contributed by atoms with Gasteiger partial charge in [-0.25, -0.2) is 8.42 Å². The molecular formula is C19H24N2O5S. The van der Waals surface area contributed by atoms with Gasteiger partial charge in [0.25, 0.3) is 0 Å². The maximum atomic E-state index is 12.1. The van der Waals surface area contributed by atoms with E-state index < -0.39 is 10.0 Å². The summed E-state index contributed by atoms with van der Waals surface area (Å²) in [7, 11) is -0.203. The van der Waals surface area contributed by atoms with Gasteiger partial charge >= 0.3 is 0 Å². The Morgan fingerprint density at radius 3 is 2.52 bits per heavy atom. The van der Waals surface area contributed by atoms with E-state index in [9.17, 15) is 13.2 Å². The van der Waals surface area contributed by atoms with Crippen LogP contribution in [0, 0.1) is 0 Å². The van der Waals surface area contributed by atoms with Gasteiger partial charge in [0.2, 0.25) is 15.9 Å². The highest BCUT2D eigenvalue weighted by molar-refractivity contribution is 7.88. The molecule has 1 aromatic heterocycles. The van der Waals surface area contributed by atoms with E-state index in [1.54, 1.807) is 25.3 Å². The van der Waals surface area contributed by atoms with Gasteiger partial charge in [-0.3, -0.25) is 4.79 Å². The van der Waals surface area contributed by atoms with Crippen LogP contribution in [0.5, 0.6) is 5.75 Å². The van der Waals surface area contributed by atoms with Crippen molar-refractivity contribution >= 4 is 22.0 Å². The molecule has 1 N–H and O–H groups in total. The van der Waals surface area contributed by atoms with E-state index in [4.69, 9.17) is 9.15 Å². The molecular weight excluding hydrogens is 368 g/mol. The summed E-state index contributed by atoms with van der Waals surface area (Å²) >= 11 is 0. The molecule has 0 bridgehead atoms. The quantitative estimate of drug-likeness (QED) is 0.698. The molecule has 7 nitrogen and oxygen atoms in total. The van der Waals surface area contributed by atoms with Crippen molar-refractivity contribution in [3.05, 3.63) is 59.6 Å². The normalized spacial score (nSPS) is 13.1. The first kappa shape index (κ1) is 20.7. The summed E-state index contributed by atoms with van der Waals surface area (Å²) in [4.78, 5) is 12.1. The minimum atomic E-state index is -3.28. The molecule has 146 valence electrons. The van der Waals surface area contributed by atoms with Crippen molar-refractivity contribution in [2.75, 3.05) is 20.4 Å². The maximum absolute atomic E-state index is 12.1. The summed E-state index contributed by atoms with van der Waals surface area (Å²) in [5.41, 5.74) is 0.960. The fourth-order valence-corrected chi connectivity index (χ4v) is 2.66. The van der Waals surface area contributed by atoms with Gasteiger partial charge in [-0.1, -0.05) is 12.1 Å². The minimum Gasteiger partial charge on any atom is -0.497 e. The van der Waals surface area contributed by atoms with Gasteiger partial charge in [-0.15, -0.1) is 0 Å². The minimum absolute atomic E-state index is 0.132. The second-order valence-corrected chi connectivity index (χ2v) is 8.25. The van der Waals surface area contributed by atoms with Crippen molar-refractivity contribution in [3.63, 3.8) is 0 Å². The molecule has 1 heterocycles. The third kappa shape index (κ3) is 6.26. The SMILES string of the molecule is COc1ccc([C@@H](C)NC(=O)/C=C/c2ccc(CN(C)S(C)(=O)=O)o2)cc1. The van der Waals surface area contributed by atoms with Crippen LogP contribution in [-0.2, 0) is 21.4 Å². The first-order valence-corrected chi connectivity index (χ1v) is 10.2. The van der Waals surface area contributed by atoms with Crippen molar-refractivity contribution in [1.82, 2.24) is 9.62 Å². The lowest BCUT2D eigenvalue weighted by molar-refractivity contribution is -0.117. The topological polar surface area (TPSA) is 88.9 Å². The molecule has 27 heavy (non-hydrogen) atoms. The number of nitrogens with zero attached hydrogens (tertiary/aromatic N) is 1. The Balaban J connectivity index is 1.92. The van der Waals surface area contributed by atoms with Crippen LogP contribution >= 0.6 is 0 Å². The Morgan fingerprint density at radius 2 is 1.93 bits per heavy atom. The number of carbonyl (C=O) groups is 1. The third-order valence-electron chi connectivity index (χ3n) is 4.00. The van der Waals surface area contributed by atoms with Gasteiger partial charge in [-0.05, 0) is 42.8 Å². The molecule has 0 radical (unpaired) electrons. The number of hydrogen-bond acceptors (Lipinski definition) is 5. The smallest absolute Gasteiger partial charge is 0.244 e. The Kier molecular flexibility index (Phi) is 6.81. The number of ether oxygens (including phenoxy) is 1. The van der Waals surface area contributed by atoms with Crippen molar-refractivity contribution in [1.29, 1.82) is 0 Å². The monoisotopic (exact) mass is 392 g/mol. The molecule has 1 aromatic carbocycles. The molecule has 8 heteroatoms. The number of hydrogen-bond donors (Lipinski definition) is 1. The summed E-state index contributed by atoms with van der Waals surface area (Å²) in [5, 5.41) is 2.87. The van der Waals surface area contributed by atoms with Crippen LogP contribution in [0.15, 0.2) is 46.9 Å². The predicted molar refractivity (Wildman–Crippen MR) is 104 cm³/mol. The van der Waals surface area contributed by atoms with Gasteiger partial charge < -0.3 is 14.5 Å². The fraction of sp³-hybridized carbons (Fsp3) is 0.316. The molecule has 0 unspecified atom stereocenters. The second-order valence-electron chi connectivity index (χ2n) is 6.16. The first-order valence-electron chi connectivity index (χ1n) is 8.31. The lowest BCUT2D eigenvalue weighted by Crippen LogP contribution is -2.24. The highest BCUT2D eigenvalue weighted by Crippen LogP contribution is 2.17. The van der Waals surface area contributed by atoms with E-state index >= 15 is 0 Å². The van der Waals surface area contributed by atoms with Gasteiger partial charge in [0.05, 0.1) is 26.0 Å². The number of rotatable bonds is 8. The van der Waals surface area contributed by atoms with E-state index in [-0.39, 0.29) is 18.5 Å². The third-order valence-corrected chi connectivity index (χ3v) is 5.26. The summed E-state index contributed by atoms with van der Waals surface area (Å²) in [6, 6.07) is 10.7. The maximum Gasteiger partial charge on any atom is 0.244 e. The Bertz CT molecular complexity index is 900. The molecule has 0 saturated heterocycles. The van der Waals surface area contributed by atoms with Gasteiger partial charge in [0.1, 0.15) is 17.3 Å². The van der Waals surface area contributed by atoms with Crippen LogP contribution in [-0.4, -0.2) is 39.0 Å². The fourth-order valence-electron chi connectivity index (χ4n) is 2.30. The Morgan fingerprint density at radius 1 is 1.26 bits per heavy atom. The van der Waals surface area contributed by atoms with E-state index in [0.717, 1.165) is 17.6 Å². The average molecular weight is 392 g/mol. The molecule has 0 aliphatic heterocycles. The molecule has 0 aliphatic carbocycles. The predicted octanol–water partition coefficient (Wildman–Crippen LogP) is 2.57. The Labute approximate surface area is 159 Å². The van der Waals surface area contributed by atoms with Crippen LogP contribution in [0.3, 0.4) is 0 Å². The van der Waals surface area contributed by atoms with Crippen molar-refractivity contribution in [3.8, 4) is 5.75 Å². The second kappa shape index (κ2) is 8.88. The van der Waals surface area contributed by atoms with E-state index in [2.05, 4.69) is 5.32 Å². The molecule has 0 saturated carbocycles. The molecule has 1 atom stereocenters. The summed E-state index contributed by atoms with van der Waals surface area (Å²) in [6.07, 6.45) is 4.05. The largest absolute Gasteiger partial charge is 0.497 e. The number of methoxy groups -OCH3 is 1. The van der Waals surface area contributed by atoms with E-state index in [1.165, 1.54) is 17.4 Å². The zero-order valence-electron chi connectivity index (χ0n) is 15.8. The molecule has 0 spiro atoms. The summed E-state index contributed by atoms with van der Waals surface area (Å²) in [5.74, 6) is 1.46. The highest BCUT2D eigenvalue weighted by atomic mass is 32.2. The highest BCUT2D eigenvalue weighted by Gasteiger charge is 2.13. The number of benzene rings is 1. The molecule has 0 aliphatic rings. The Hall–Kier alpha value is -2.58. The standard InChI is InChI=1S/C19H24N2O5S/c1-14(15-5-7-16(25-3)8-6-15)20-19(22)12-11-17-9-10-18(26-17)13-21(2)27(4,23)24/h5-12,14H,13H2,1-4H3,(H,20,22)/b12-11+/t14-/m1/s1. The molecule has 0 fully saturated rings. The van der Waals surface area contributed by atoms with E-state index in [0.29, 0.717) is 11.5 Å². The number of furan rings is 1. The van der Waals surface area contributed by atoms with Crippen LogP contribution in [0.25, 0.3) is 6.08 Å². The number of amides is 1. The van der Waals surface area contributed by atoms with Crippen molar-refractivity contribution < 1.29 is 22.4 Å². The molecule has 2 aromatic rings. The van der Waals surface area contributed by atoms with Crippen LogP contribution in [0.2, 0.25) is 0 Å². The van der Waals surface area contributed by atoms with Gasteiger partial charge in [0, 0.05) is 13.1 Å². The van der Waals surface area contributed by atoms with Crippen LogP contribution in [0.4, 0.5) is 0 Å². The van der Waals surface area contributed by atoms with Crippen LogP contribution in [0.1, 0.15) is 30.0 Å². The molecule has 2 rings (SSSR count). The van der Waals surface area contributed by atoms with Crippen molar-refractivity contribution in [2.45, 2.75) is 19.5 Å². The summed E-state index contributed by atoms with van der Waals surface area (Å²) in [6.45, 7) is 2.02. The van der Waals surface area contributed by atoms with Crippen molar-refractivity contribution in [2.24, 2.45) is 0 Å². The zero-order chi connectivity index (χ0) is 20.0. The number of nitrogens with one attached hydrogen (secondary N) is 1. The van der Waals surface area contributed by atoms with Gasteiger partial charge in [-0.2, -0.15) is 4.31 Å². The lowest BCUT2D eigenvalue weighted by atomic mass is 10.1. The number of sulfonamides is 1. The first-order chi connectivity index (χ1) is 12.7. The molecule has 1 amide bonds.